The van der Waals surface area contributed by atoms with Crippen LogP contribution in [-0.4, -0.2) is 20.6 Å². The van der Waals surface area contributed by atoms with E-state index in [9.17, 15) is 4.79 Å². The molecule has 3 aromatic rings. The van der Waals surface area contributed by atoms with Crippen LogP contribution in [0, 0.1) is 0 Å². The van der Waals surface area contributed by atoms with Gasteiger partial charge in [0.1, 0.15) is 5.82 Å². The van der Waals surface area contributed by atoms with Gasteiger partial charge in [-0.2, -0.15) is 0 Å². The van der Waals surface area contributed by atoms with Crippen molar-refractivity contribution in [3.05, 3.63) is 60.2 Å². The molecule has 0 aliphatic heterocycles. The molecule has 106 valence electrons. The molecule has 0 atom stereocenters. The van der Waals surface area contributed by atoms with Crippen LogP contribution in [-0.2, 0) is 6.54 Å². The normalized spacial score (nSPS) is 10.5. The fraction of sp³-hybridized carbons (Fsp3) is 0.0714. The van der Waals surface area contributed by atoms with Gasteiger partial charge in [-0.1, -0.05) is 35.5 Å². The molecule has 0 saturated carbocycles. The van der Waals surface area contributed by atoms with Crippen molar-refractivity contribution < 1.29 is 9.32 Å². The van der Waals surface area contributed by atoms with E-state index >= 15 is 0 Å². The fourth-order valence-corrected chi connectivity index (χ4v) is 2.02. The topological polar surface area (TPSA) is 99.0 Å². The molecule has 0 radical (unpaired) electrons. The molecule has 21 heavy (non-hydrogen) atoms. The Hall–Kier alpha value is -2.93. The lowest BCUT2D eigenvalue weighted by Crippen LogP contribution is -2.30. The van der Waals surface area contributed by atoms with Crippen molar-refractivity contribution in [1.82, 2.24) is 20.1 Å². The van der Waals surface area contributed by atoms with E-state index < -0.39 is 5.91 Å². The molecule has 7 nitrogen and oxygen atoms in total. The van der Waals surface area contributed by atoms with Crippen molar-refractivity contribution in [2.75, 3.05) is 0 Å². The third-order valence-corrected chi connectivity index (χ3v) is 3.00. The van der Waals surface area contributed by atoms with Gasteiger partial charge in [-0.3, -0.25) is 10.2 Å². The number of imidazole rings is 1. The van der Waals surface area contributed by atoms with Gasteiger partial charge in [0, 0.05) is 24.0 Å². The number of rotatable bonds is 4. The molecular weight excluding hydrogens is 270 g/mol. The van der Waals surface area contributed by atoms with Crippen molar-refractivity contribution in [1.29, 1.82) is 0 Å². The second-order valence-corrected chi connectivity index (χ2v) is 4.40. The minimum atomic E-state index is -0.487. The van der Waals surface area contributed by atoms with Gasteiger partial charge in [-0.15, -0.1) is 0 Å². The molecule has 2 heterocycles. The highest BCUT2D eigenvalue weighted by molar-refractivity contribution is 5.91. The SMILES string of the molecule is NNC(=O)c1cc(Cn2ccnc2-c2ccccc2)on1. The molecule has 2 aromatic heterocycles. The zero-order valence-corrected chi connectivity index (χ0v) is 11.1. The number of nitrogens with two attached hydrogens (primary N) is 1. The highest BCUT2D eigenvalue weighted by atomic mass is 16.5. The van der Waals surface area contributed by atoms with E-state index in [4.69, 9.17) is 10.4 Å². The standard InChI is InChI=1S/C14H13N5O2/c15-17-14(20)12-8-11(21-18-12)9-19-7-6-16-13(19)10-4-2-1-3-5-10/h1-8H,9,15H2,(H,17,20). The summed E-state index contributed by atoms with van der Waals surface area (Å²) in [6, 6.07) is 11.4. The average molecular weight is 283 g/mol. The van der Waals surface area contributed by atoms with Crippen LogP contribution in [0.4, 0.5) is 0 Å². The molecule has 0 aliphatic carbocycles. The molecule has 1 amide bonds. The summed E-state index contributed by atoms with van der Waals surface area (Å²) in [5.74, 6) is 5.93. The maximum absolute atomic E-state index is 11.3. The summed E-state index contributed by atoms with van der Waals surface area (Å²) in [5.41, 5.74) is 3.16. The zero-order chi connectivity index (χ0) is 14.7. The largest absolute Gasteiger partial charge is 0.359 e. The summed E-state index contributed by atoms with van der Waals surface area (Å²) >= 11 is 0. The van der Waals surface area contributed by atoms with Gasteiger partial charge in [-0.25, -0.2) is 10.8 Å². The van der Waals surface area contributed by atoms with Gasteiger partial charge < -0.3 is 9.09 Å². The molecule has 3 rings (SSSR count). The Morgan fingerprint density at radius 1 is 1.33 bits per heavy atom. The number of hydrazine groups is 1. The number of aromatic nitrogens is 3. The predicted molar refractivity (Wildman–Crippen MR) is 74.9 cm³/mol. The van der Waals surface area contributed by atoms with Crippen LogP contribution in [0.3, 0.4) is 0 Å². The molecule has 3 N–H and O–H groups in total. The molecule has 0 unspecified atom stereocenters. The summed E-state index contributed by atoms with van der Waals surface area (Å²) in [4.78, 5) is 15.7. The molecule has 0 fully saturated rings. The number of carbonyl (C=O) groups excluding carboxylic acids is 1. The van der Waals surface area contributed by atoms with Crippen LogP contribution < -0.4 is 11.3 Å². The maximum atomic E-state index is 11.3. The van der Waals surface area contributed by atoms with Crippen LogP contribution in [0.5, 0.6) is 0 Å². The number of nitrogens with zero attached hydrogens (tertiary/aromatic N) is 3. The van der Waals surface area contributed by atoms with E-state index in [0.29, 0.717) is 12.3 Å². The van der Waals surface area contributed by atoms with Crippen LogP contribution in [0.25, 0.3) is 11.4 Å². The number of benzene rings is 1. The second kappa shape index (κ2) is 5.59. The highest BCUT2D eigenvalue weighted by Crippen LogP contribution is 2.18. The number of nitrogens with one attached hydrogen (secondary N) is 1. The molecule has 7 heteroatoms. The molecule has 1 aromatic carbocycles. The lowest BCUT2D eigenvalue weighted by molar-refractivity contribution is 0.0944. The van der Waals surface area contributed by atoms with Gasteiger partial charge in [-0.05, 0) is 0 Å². The van der Waals surface area contributed by atoms with E-state index in [0.717, 1.165) is 11.4 Å². The average Bonchev–Trinajstić information content (AvgIpc) is 3.17. The zero-order valence-electron chi connectivity index (χ0n) is 11.1. The molecule has 0 spiro atoms. The van der Waals surface area contributed by atoms with Gasteiger partial charge >= 0.3 is 0 Å². The molecule has 0 bridgehead atoms. The number of hydrogen-bond donors (Lipinski definition) is 2. The first-order chi connectivity index (χ1) is 10.3. The molecule has 0 aliphatic rings. The Morgan fingerprint density at radius 3 is 2.90 bits per heavy atom. The summed E-state index contributed by atoms with van der Waals surface area (Å²) < 4.78 is 7.05. The number of hydrogen-bond acceptors (Lipinski definition) is 5. The van der Waals surface area contributed by atoms with E-state index in [1.165, 1.54) is 0 Å². The van der Waals surface area contributed by atoms with Crippen LogP contribution >= 0.6 is 0 Å². The number of carbonyl (C=O) groups is 1. The van der Waals surface area contributed by atoms with Crippen molar-refractivity contribution in [3.8, 4) is 11.4 Å². The smallest absolute Gasteiger partial charge is 0.287 e. The number of nitrogen functional groups attached to an aromatic ring is 1. The third-order valence-electron chi connectivity index (χ3n) is 3.00. The van der Waals surface area contributed by atoms with Crippen LogP contribution in [0.1, 0.15) is 16.2 Å². The monoisotopic (exact) mass is 283 g/mol. The van der Waals surface area contributed by atoms with Crippen LogP contribution in [0.15, 0.2) is 53.3 Å². The Labute approximate surface area is 120 Å². The lowest BCUT2D eigenvalue weighted by atomic mass is 10.2. The minimum absolute atomic E-state index is 0.147. The Morgan fingerprint density at radius 2 is 2.14 bits per heavy atom. The summed E-state index contributed by atoms with van der Waals surface area (Å²) in [6.07, 6.45) is 3.56. The second-order valence-electron chi connectivity index (χ2n) is 4.40. The first-order valence-corrected chi connectivity index (χ1v) is 6.31. The Bertz CT molecular complexity index is 748. The predicted octanol–water partition coefficient (Wildman–Crippen LogP) is 1.19. The van der Waals surface area contributed by atoms with E-state index in [1.54, 1.807) is 12.3 Å². The van der Waals surface area contributed by atoms with Gasteiger partial charge in [0.05, 0.1) is 6.54 Å². The quantitative estimate of drug-likeness (QED) is 0.425. The Balaban J connectivity index is 1.85. The van der Waals surface area contributed by atoms with Crippen molar-refractivity contribution in [3.63, 3.8) is 0 Å². The van der Waals surface area contributed by atoms with E-state index in [-0.39, 0.29) is 5.69 Å². The van der Waals surface area contributed by atoms with Gasteiger partial charge in [0.15, 0.2) is 11.5 Å². The lowest BCUT2D eigenvalue weighted by Gasteiger charge is -2.05. The molecule has 0 saturated heterocycles. The maximum Gasteiger partial charge on any atom is 0.287 e. The third kappa shape index (κ3) is 2.67. The summed E-state index contributed by atoms with van der Waals surface area (Å²) in [7, 11) is 0. The first-order valence-electron chi connectivity index (χ1n) is 6.31. The Kier molecular flexibility index (Phi) is 3.48. The summed E-state index contributed by atoms with van der Waals surface area (Å²) in [6.45, 7) is 0.426. The molecular formula is C14H13N5O2. The fourth-order valence-electron chi connectivity index (χ4n) is 2.02. The van der Waals surface area contributed by atoms with Crippen molar-refractivity contribution in [2.45, 2.75) is 6.54 Å². The van der Waals surface area contributed by atoms with E-state index in [1.807, 2.05) is 46.5 Å². The van der Waals surface area contributed by atoms with Gasteiger partial charge in [0.2, 0.25) is 0 Å². The van der Waals surface area contributed by atoms with Crippen molar-refractivity contribution >= 4 is 5.91 Å². The highest BCUT2D eigenvalue weighted by Gasteiger charge is 2.13. The van der Waals surface area contributed by atoms with Crippen molar-refractivity contribution in [2.24, 2.45) is 5.84 Å². The first kappa shape index (κ1) is 13.1. The summed E-state index contributed by atoms with van der Waals surface area (Å²) in [5, 5.41) is 3.67. The van der Waals surface area contributed by atoms with Gasteiger partial charge in [0.25, 0.3) is 5.91 Å². The van der Waals surface area contributed by atoms with E-state index in [2.05, 4.69) is 10.1 Å². The number of amides is 1. The minimum Gasteiger partial charge on any atom is -0.359 e. The van der Waals surface area contributed by atoms with Crippen LogP contribution in [0.2, 0.25) is 0 Å².